The predicted molar refractivity (Wildman–Crippen MR) is 101 cm³/mol. The number of nitrogens with one attached hydrogen (secondary N) is 1. The average molecular weight is 370 g/mol. The van der Waals surface area contributed by atoms with Gasteiger partial charge in [-0.3, -0.25) is 4.79 Å². The molecule has 0 saturated heterocycles. The van der Waals surface area contributed by atoms with Crippen molar-refractivity contribution in [1.82, 2.24) is 15.2 Å². The van der Waals surface area contributed by atoms with Gasteiger partial charge in [-0.15, -0.1) is 23.7 Å². The van der Waals surface area contributed by atoms with Crippen molar-refractivity contribution in [2.24, 2.45) is 0 Å². The fraction of sp³-hybridized carbons (Fsp3) is 0.412. The van der Waals surface area contributed by atoms with Crippen molar-refractivity contribution in [3.05, 3.63) is 35.3 Å². The minimum absolute atomic E-state index is 0. The molecule has 0 bridgehead atoms. The molecular weight excluding hydrogens is 346 g/mol. The Hall–Kier alpha value is -1.63. The molecule has 2 aromatic rings. The topological polar surface area (TPSA) is 54.5 Å². The van der Waals surface area contributed by atoms with E-state index in [1.165, 1.54) is 11.3 Å². The van der Waals surface area contributed by atoms with Gasteiger partial charge in [0, 0.05) is 31.1 Å². The van der Waals surface area contributed by atoms with Gasteiger partial charge in [0.15, 0.2) is 0 Å². The molecule has 0 aliphatic rings. The van der Waals surface area contributed by atoms with Crippen LogP contribution in [-0.4, -0.2) is 49.6 Å². The maximum absolute atomic E-state index is 12.3. The van der Waals surface area contributed by atoms with Crippen LogP contribution < -0.4 is 10.1 Å². The Morgan fingerprint density at radius 3 is 2.67 bits per heavy atom. The largest absolute Gasteiger partial charge is 0.494 e. The summed E-state index contributed by atoms with van der Waals surface area (Å²) in [5.74, 6) is 0.806. The molecule has 0 spiro atoms. The van der Waals surface area contributed by atoms with Crippen molar-refractivity contribution in [1.29, 1.82) is 0 Å². The van der Waals surface area contributed by atoms with Crippen LogP contribution in [-0.2, 0) is 0 Å². The Morgan fingerprint density at radius 1 is 1.33 bits per heavy atom. The smallest absolute Gasteiger partial charge is 0.273 e. The monoisotopic (exact) mass is 369 g/mol. The molecule has 1 aromatic carbocycles. The highest BCUT2D eigenvalue weighted by Gasteiger charge is 2.15. The summed E-state index contributed by atoms with van der Waals surface area (Å²) in [7, 11) is 3.66. The molecule has 0 aliphatic carbocycles. The van der Waals surface area contributed by atoms with E-state index in [-0.39, 0.29) is 18.3 Å². The van der Waals surface area contributed by atoms with E-state index in [0.717, 1.165) is 29.3 Å². The Balaban J connectivity index is 0.00000288. The molecule has 1 aromatic heterocycles. The molecule has 2 rings (SSSR count). The number of benzene rings is 1. The number of likely N-dealkylation sites (N-methyl/N-ethyl adjacent to an activating group) is 2. The first-order valence-corrected chi connectivity index (χ1v) is 8.62. The number of nitrogens with zero attached hydrogens (tertiary/aromatic N) is 2. The van der Waals surface area contributed by atoms with E-state index in [1.807, 2.05) is 36.7 Å². The molecule has 0 radical (unpaired) electrons. The summed E-state index contributed by atoms with van der Waals surface area (Å²) in [6.07, 6.45) is 0.987. The molecule has 1 amide bonds. The summed E-state index contributed by atoms with van der Waals surface area (Å²) in [6, 6.07) is 7.82. The van der Waals surface area contributed by atoms with E-state index < -0.39 is 0 Å². The standard InChI is InChI=1S/C17H23N3O2S.ClH/c1-4-11-22-14-7-5-13(6-8-14)16-19-15(12-23-16)17(21)20(3)10-9-18-2;/h5-8,12,18H,4,9-11H2,1-3H3;1H. The van der Waals surface area contributed by atoms with Crippen LogP contribution in [0.1, 0.15) is 23.8 Å². The molecular formula is C17H24ClN3O2S. The van der Waals surface area contributed by atoms with Crippen LogP contribution in [0.25, 0.3) is 10.6 Å². The second-order valence-electron chi connectivity index (χ2n) is 5.24. The van der Waals surface area contributed by atoms with Crippen molar-refractivity contribution in [2.75, 3.05) is 33.8 Å². The highest BCUT2D eigenvalue weighted by atomic mass is 35.5. The number of thiazole rings is 1. The van der Waals surface area contributed by atoms with E-state index >= 15 is 0 Å². The molecule has 132 valence electrons. The Morgan fingerprint density at radius 2 is 2.04 bits per heavy atom. The zero-order chi connectivity index (χ0) is 16.7. The number of aromatic nitrogens is 1. The van der Waals surface area contributed by atoms with Crippen LogP contribution in [0.4, 0.5) is 0 Å². The maximum atomic E-state index is 12.3. The van der Waals surface area contributed by atoms with E-state index in [2.05, 4.69) is 17.2 Å². The summed E-state index contributed by atoms with van der Waals surface area (Å²) in [4.78, 5) is 18.4. The van der Waals surface area contributed by atoms with Crippen molar-refractivity contribution in [3.63, 3.8) is 0 Å². The number of hydrogen-bond donors (Lipinski definition) is 1. The third-order valence-corrected chi connectivity index (χ3v) is 4.23. The van der Waals surface area contributed by atoms with E-state index in [9.17, 15) is 4.79 Å². The zero-order valence-electron chi connectivity index (χ0n) is 14.2. The Kier molecular flexibility index (Phi) is 8.74. The van der Waals surface area contributed by atoms with Crippen LogP contribution in [0.2, 0.25) is 0 Å². The molecule has 0 aliphatic heterocycles. The summed E-state index contributed by atoms with van der Waals surface area (Å²) in [6.45, 7) is 4.22. The van der Waals surface area contributed by atoms with Gasteiger partial charge >= 0.3 is 0 Å². The molecule has 0 atom stereocenters. The van der Waals surface area contributed by atoms with Crippen LogP contribution in [0.5, 0.6) is 5.75 Å². The lowest BCUT2D eigenvalue weighted by atomic mass is 10.2. The molecule has 0 saturated carbocycles. The number of rotatable bonds is 8. The zero-order valence-corrected chi connectivity index (χ0v) is 15.9. The summed E-state index contributed by atoms with van der Waals surface area (Å²) >= 11 is 1.48. The fourth-order valence-corrected chi connectivity index (χ4v) is 2.79. The number of carbonyl (C=O) groups excluding carboxylic acids is 1. The number of hydrogen-bond acceptors (Lipinski definition) is 5. The lowest BCUT2D eigenvalue weighted by Gasteiger charge is -2.15. The molecule has 1 heterocycles. The maximum Gasteiger partial charge on any atom is 0.273 e. The van der Waals surface area contributed by atoms with Crippen molar-refractivity contribution in [3.8, 4) is 16.3 Å². The SMILES string of the molecule is CCCOc1ccc(-c2nc(C(=O)N(C)CCNC)cs2)cc1.Cl. The first kappa shape index (κ1) is 20.4. The summed E-state index contributed by atoms with van der Waals surface area (Å²) in [5.41, 5.74) is 1.49. The van der Waals surface area contributed by atoms with Gasteiger partial charge in [-0.2, -0.15) is 0 Å². The van der Waals surface area contributed by atoms with Gasteiger partial charge in [0.05, 0.1) is 6.61 Å². The second kappa shape index (κ2) is 10.3. The first-order chi connectivity index (χ1) is 11.2. The highest BCUT2D eigenvalue weighted by Crippen LogP contribution is 2.26. The predicted octanol–water partition coefficient (Wildman–Crippen LogP) is 3.31. The number of halogens is 1. The third-order valence-electron chi connectivity index (χ3n) is 3.34. The van der Waals surface area contributed by atoms with Gasteiger partial charge in [0.1, 0.15) is 16.5 Å². The molecule has 0 fully saturated rings. The molecule has 24 heavy (non-hydrogen) atoms. The van der Waals surface area contributed by atoms with Crippen LogP contribution in [0.3, 0.4) is 0 Å². The number of carbonyl (C=O) groups is 1. The van der Waals surface area contributed by atoms with Crippen molar-refractivity contribution >= 4 is 29.7 Å². The lowest BCUT2D eigenvalue weighted by molar-refractivity contribution is 0.0792. The highest BCUT2D eigenvalue weighted by molar-refractivity contribution is 7.13. The molecule has 7 heteroatoms. The average Bonchev–Trinajstić information content (AvgIpc) is 3.07. The molecule has 1 N–H and O–H groups in total. The Bertz CT molecular complexity index is 631. The van der Waals surface area contributed by atoms with Crippen LogP contribution in [0.15, 0.2) is 29.6 Å². The normalized spacial score (nSPS) is 10.1. The number of amides is 1. The Labute approximate surface area is 153 Å². The van der Waals surface area contributed by atoms with E-state index in [1.54, 1.807) is 11.9 Å². The lowest BCUT2D eigenvalue weighted by Crippen LogP contribution is -2.32. The molecule has 0 unspecified atom stereocenters. The van der Waals surface area contributed by atoms with E-state index in [0.29, 0.717) is 18.8 Å². The summed E-state index contributed by atoms with van der Waals surface area (Å²) < 4.78 is 5.57. The van der Waals surface area contributed by atoms with Gasteiger partial charge in [0.25, 0.3) is 5.91 Å². The third kappa shape index (κ3) is 5.47. The van der Waals surface area contributed by atoms with Gasteiger partial charge in [-0.25, -0.2) is 4.98 Å². The fourth-order valence-electron chi connectivity index (χ4n) is 1.99. The van der Waals surface area contributed by atoms with Crippen molar-refractivity contribution < 1.29 is 9.53 Å². The summed E-state index contributed by atoms with van der Waals surface area (Å²) in [5, 5.41) is 5.69. The van der Waals surface area contributed by atoms with Crippen LogP contribution >= 0.6 is 23.7 Å². The minimum Gasteiger partial charge on any atom is -0.494 e. The molecule has 5 nitrogen and oxygen atoms in total. The van der Waals surface area contributed by atoms with E-state index in [4.69, 9.17) is 4.74 Å². The van der Waals surface area contributed by atoms with Gasteiger partial charge in [-0.1, -0.05) is 6.92 Å². The van der Waals surface area contributed by atoms with Gasteiger partial charge < -0.3 is 15.0 Å². The van der Waals surface area contributed by atoms with Crippen molar-refractivity contribution in [2.45, 2.75) is 13.3 Å². The first-order valence-electron chi connectivity index (χ1n) is 7.74. The quantitative estimate of drug-likeness (QED) is 0.775. The number of ether oxygens (including phenoxy) is 1. The second-order valence-corrected chi connectivity index (χ2v) is 6.10. The van der Waals surface area contributed by atoms with Gasteiger partial charge in [-0.05, 0) is 37.7 Å². The van der Waals surface area contributed by atoms with Crippen LogP contribution in [0, 0.1) is 0 Å². The minimum atomic E-state index is -0.0503. The van der Waals surface area contributed by atoms with Gasteiger partial charge in [0.2, 0.25) is 0 Å².